The highest BCUT2D eigenvalue weighted by Gasteiger charge is 2.52. The summed E-state index contributed by atoms with van der Waals surface area (Å²) in [4.78, 5) is 4.98. The summed E-state index contributed by atoms with van der Waals surface area (Å²) >= 11 is 0. The summed E-state index contributed by atoms with van der Waals surface area (Å²) in [6, 6.07) is 26.9. The molecule has 0 aromatic heterocycles. The molecule has 3 nitrogen and oxygen atoms in total. The van der Waals surface area contributed by atoms with Gasteiger partial charge in [0, 0.05) is 12.7 Å². The molecule has 0 N–H and O–H groups in total. The Labute approximate surface area is 160 Å². The van der Waals surface area contributed by atoms with E-state index in [2.05, 4.69) is 49.4 Å². The Morgan fingerprint density at radius 3 is 1.89 bits per heavy atom. The van der Waals surface area contributed by atoms with E-state index in [9.17, 15) is 0 Å². The molecule has 0 radical (unpaired) electrons. The van der Waals surface area contributed by atoms with Crippen molar-refractivity contribution in [3.05, 3.63) is 101 Å². The molecule has 0 saturated heterocycles. The van der Waals surface area contributed by atoms with Gasteiger partial charge in [-0.15, -0.1) is 0 Å². The van der Waals surface area contributed by atoms with Gasteiger partial charge in [0.1, 0.15) is 11.5 Å². The van der Waals surface area contributed by atoms with E-state index < -0.39 is 5.41 Å². The summed E-state index contributed by atoms with van der Waals surface area (Å²) < 4.78 is 12.1. The molecule has 0 spiro atoms. The van der Waals surface area contributed by atoms with Gasteiger partial charge in [-0.05, 0) is 23.6 Å². The average molecular weight is 357 g/mol. The fraction of sp³-hybridized carbons (Fsp3) is 0.208. The van der Waals surface area contributed by atoms with Gasteiger partial charge in [0.15, 0.2) is 0 Å². The molecule has 1 heterocycles. The Kier molecular flexibility index (Phi) is 4.54. The van der Waals surface area contributed by atoms with Crippen molar-refractivity contribution in [2.24, 2.45) is 4.99 Å². The second-order valence-electron chi connectivity index (χ2n) is 6.79. The first-order chi connectivity index (χ1) is 13.2. The summed E-state index contributed by atoms with van der Waals surface area (Å²) in [7, 11) is 3.45. The molecule has 1 aliphatic heterocycles. The van der Waals surface area contributed by atoms with Crippen LogP contribution in [-0.2, 0) is 14.9 Å². The quantitative estimate of drug-likeness (QED) is 0.632. The minimum Gasteiger partial charge on any atom is -0.483 e. The topological polar surface area (TPSA) is 30.8 Å². The number of para-hydroxylation sites is 1. The average Bonchev–Trinajstić information content (AvgIpc) is 2.73. The normalized spacial score (nSPS) is 17.7. The molecule has 0 bridgehead atoms. The van der Waals surface area contributed by atoms with E-state index in [0.29, 0.717) is 5.90 Å². The molecule has 0 aliphatic carbocycles. The molecular formula is C24H23NO2. The van der Waals surface area contributed by atoms with Crippen LogP contribution in [0.1, 0.15) is 28.4 Å². The molecule has 0 fully saturated rings. The molecule has 1 aliphatic rings. The Balaban J connectivity index is 2.12. The molecule has 3 heteroatoms. The number of hydrogen-bond donors (Lipinski definition) is 0. The van der Waals surface area contributed by atoms with Crippen LogP contribution in [0.25, 0.3) is 0 Å². The first-order valence-corrected chi connectivity index (χ1v) is 9.10. The minimum atomic E-state index is -0.660. The van der Waals surface area contributed by atoms with Crippen molar-refractivity contribution in [3.8, 4) is 0 Å². The Morgan fingerprint density at radius 2 is 1.37 bits per heavy atom. The number of aliphatic imine (C=N–C) groups is 1. The predicted octanol–water partition coefficient (Wildman–Crippen LogP) is 5.36. The van der Waals surface area contributed by atoms with Gasteiger partial charge in [0.05, 0.1) is 12.8 Å². The fourth-order valence-corrected chi connectivity index (χ4v) is 4.21. The number of hydrogen-bond acceptors (Lipinski definition) is 3. The van der Waals surface area contributed by atoms with Gasteiger partial charge >= 0.3 is 0 Å². The lowest BCUT2D eigenvalue weighted by Crippen LogP contribution is -2.46. The van der Waals surface area contributed by atoms with Crippen molar-refractivity contribution in [2.75, 3.05) is 14.2 Å². The van der Waals surface area contributed by atoms with Gasteiger partial charge in [-0.2, -0.15) is 0 Å². The molecular weight excluding hydrogens is 334 g/mol. The number of aryl methyl sites for hydroxylation is 1. The van der Waals surface area contributed by atoms with E-state index in [1.165, 1.54) is 0 Å². The van der Waals surface area contributed by atoms with E-state index in [1.807, 2.05) is 36.4 Å². The molecule has 1 unspecified atom stereocenters. The summed E-state index contributed by atoms with van der Waals surface area (Å²) in [5, 5.41) is 0. The monoisotopic (exact) mass is 357 g/mol. The van der Waals surface area contributed by atoms with Gasteiger partial charge in [0.25, 0.3) is 0 Å². The van der Waals surface area contributed by atoms with Crippen LogP contribution in [0.2, 0.25) is 0 Å². The van der Waals surface area contributed by atoms with Crippen molar-refractivity contribution in [2.45, 2.75) is 18.4 Å². The van der Waals surface area contributed by atoms with Crippen molar-refractivity contribution in [1.29, 1.82) is 0 Å². The van der Waals surface area contributed by atoms with Crippen LogP contribution in [0.15, 0.2) is 83.9 Å². The largest absolute Gasteiger partial charge is 0.483 e. The van der Waals surface area contributed by atoms with Gasteiger partial charge in [-0.3, -0.25) is 0 Å². The van der Waals surface area contributed by atoms with E-state index in [0.717, 1.165) is 27.9 Å². The Bertz CT molecular complexity index is 925. The van der Waals surface area contributed by atoms with Crippen LogP contribution in [0.5, 0.6) is 0 Å². The predicted molar refractivity (Wildman–Crippen MR) is 109 cm³/mol. The SMILES string of the molecule is COC1=Nc2c(C)cccc2C(OC)C1(c1ccccc1)c1ccccc1. The van der Waals surface area contributed by atoms with Crippen LogP contribution in [-0.4, -0.2) is 20.1 Å². The second-order valence-corrected chi connectivity index (χ2v) is 6.79. The molecule has 0 saturated carbocycles. The molecule has 136 valence electrons. The summed E-state index contributed by atoms with van der Waals surface area (Å²) in [5.41, 5.74) is 4.65. The Morgan fingerprint density at radius 1 is 0.778 bits per heavy atom. The van der Waals surface area contributed by atoms with E-state index >= 15 is 0 Å². The van der Waals surface area contributed by atoms with Crippen LogP contribution >= 0.6 is 0 Å². The van der Waals surface area contributed by atoms with Crippen molar-refractivity contribution >= 4 is 11.6 Å². The third-order valence-corrected chi connectivity index (χ3v) is 5.38. The Hall–Kier alpha value is -2.91. The molecule has 3 aromatic rings. The third-order valence-electron chi connectivity index (χ3n) is 5.38. The zero-order valence-corrected chi connectivity index (χ0v) is 15.8. The lowest BCUT2D eigenvalue weighted by Gasteiger charge is -2.43. The number of nitrogens with zero attached hydrogens (tertiary/aromatic N) is 1. The highest BCUT2D eigenvalue weighted by molar-refractivity contribution is 5.97. The number of methoxy groups -OCH3 is 2. The van der Waals surface area contributed by atoms with Crippen molar-refractivity contribution in [1.82, 2.24) is 0 Å². The molecule has 3 aromatic carbocycles. The molecule has 1 atom stereocenters. The number of fused-ring (bicyclic) bond motifs is 1. The second kappa shape index (κ2) is 7.01. The minimum absolute atomic E-state index is 0.260. The van der Waals surface area contributed by atoms with E-state index in [1.54, 1.807) is 14.2 Å². The van der Waals surface area contributed by atoms with E-state index in [4.69, 9.17) is 14.5 Å². The standard InChI is InChI=1S/C24H23NO2/c1-17-11-10-16-20-21(17)25-23(27-3)24(22(20)26-2,18-12-6-4-7-13-18)19-14-8-5-9-15-19/h4-16,22H,1-3H3. The summed E-state index contributed by atoms with van der Waals surface area (Å²) in [6.45, 7) is 2.07. The number of benzene rings is 3. The maximum absolute atomic E-state index is 6.17. The first kappa shape index (κ1) is 17.5. The van der Waals surface area contributed by atoms with E-state index in [-0.39, 0.29) is 6.10 Å². The molecule has 27 heavy (non-hydrogen) atoms. The van der Waals surface area contributed by atoms with Gasteiger partial charge < -0.3 is 9.47 Å². The van der Waals surface area contributed by atoms with Crippen LogP contribution < -0.4 is 0 Å². The van der Waals surface area contributed by atoms with Crippen LogP contribution in [0.3, 0.4) is 0 Å². The smallest absolute Gasteiger partial charge is 0.206 e. The third kappa shape index (κ3) is 2.58. The van der Waals surface area contributed by atoms with Crippen molar-refractivity contribution in [3.63, 3.8) is 0 Å². The van der Waals surface area contributed by atoms with Gasteiger partial charge in [-0.1, -0.05) is 78.9 Å². The zero-order valence-electron chi connectivity index (χ0n) is 15.8. The van der Waals surface area contributed by atoms with Gasteiger partial charge in [-0.25, -0.2) is 4.99 Å². The zero-order chi connectivity index (χ0) is 18.9. The maximum Gasteiger partial charge on any atom is 0.206 e. The molecule has 0 amide bonds. The molecule has 4 rings (SSSR count). The lowest BCUT2D eigenvalue weighted by molar-refractivity contribution is 0.0613. The lowest BCUT2D eigenvalue weighted by atomic mass is 9.66. The fourth-order valence-electron chi connectivity index (χ4n) is 4.21. The summed E-state index contributed by atoms with van der Waals surface area (Å²) in [6.07, 6.45) is -0.260. The van der Waals surface area contributed by atoms with Gasteiger partial charge in [0.2, 0.25) is 5.90 Å². The highest BCUT2D eigenvalue weighted by atomic mass is 16.5. The number of ether oxygens (including phenoxy) is 2. The highest BCUT2D eigenvalue weighted by Crippen LogP contribution is 2.52. The van der Waals surface area contributed by atoms with Crippen LogP contribution in [0, 0.1) is 6.92 Å². The maximum atomic E-state index is 6.17. The van der Waals surface area contributed by atoms with Crippen LogP contribution in [0.4, 0.5) is 5.69 Å². The number of rotatable bonds is 3. The first-order valence-electron chi connectivity index (χ1n) is 9.10. The van der Waals surface area contributed by atoms with Crippen molar-refractivity contribution < 1.29 is 9.47 Å². The summed E-state index contributed by atoms with van der Waals surface area (Å²) in [5.74, 6) is 0.647.